The van der Waals surface area contributed by atoms with Crippen molar-refractivity contribution in [2.75, 3.05) is 5.32 Å². The maximum absolute atomic E-state index is 13.3. The van der Waals surface area contributed by atoms with Gasteiger partial charge in [-0.2, -0.15) is 0 Å². The van der Waals surface area contributed by atoms with Crippen LogP contribution < -0.4 is 5.32 Å². The van der Waals surface area contributed by atoms with E-state index in [1.807, 2.05) is 6.92 Å². The van der Waals surface area contributed by atoms with E-state index < -0.39 is 11.8 Å². The van der Waals surface area contributed by atoms with Crippen LogP contribution in [0.2, 0.25) is 0 Å². The number of nitrogens with zero attached hydrogens (tertiary/aromatic N) is 1. The molecule has 3 nitrogen and oxygen atoms in total. The van der Waals surface area contributed by atoms with E-state index in [2.05, 4.69) is 26.2 Å². The van der Waals surface area contributed by atoms with E-state index in [-0.39, 0.29) is 18.7 Å². The lowest BCUT2D eigenvalue weighted by Gasteiger charge is -2.27. The van der Waals surface area contributed by atoms with Crippen molar-refractivity contribution in [3.63, 3.8) is 0 Å². The van der Waals surface area contributed by atoms with Crippen LogP contribution in [-0.4, -0.2) is 16.8 Å². The van der Waals surface area contributed by atoms with Gasteiger partial charge < -0.3 is 5.32 Å². The Kier molecular flexibility index (Phi) is 4.18. The largest absolute Gasteiger partial charge is 0.310 e. The van der Waals surface area contributed by atoms with Crippen LogP contribution in [0, 0.1) is 12.8 Å². The van der Waals surface area contributed by atoms with Crippen LogP contribution in [0.5, 0.6) is 0 Å². The number of hydrogen-bond acceptors (Lipinski definition) is 2. The molecule has 0 aliphatic heterocycles. The molecule has 1 heterocycles. The number of pyridine rings is 1. The van der Waals surface area contributed by atoms with E-state index in [1.165, 1.54) is 0 Å². The fraction of sp³-hybridized carbons (Fsp3) is 0.538. The molecule has 1 aromatic heterocycles. The van der Waals surface area contributed by atoms with E-state index in [4.69, 9.17) is 0 Å². The Hall–Kier alpha value is -1.04. The summed E-state index contributed by atoms with van der Waals surface area (Å²) >= 11 is 3.31. The monoisotopic (exact) mass is 332 g/mol. The summed E-state index contributed by atoms with van der Waals surface area (Å²) in [5, 5.41) is 2.61. The van der Waals surface area contributed by atoms with Crippen LogP contribution in [0.15, 0.2) is 16.7 Å². The third-order valence-electron chi connectivity index (χ3n) is 3.31. The van der Waals surface area contributed by atoms with Gasteiger partial charge in [0.1, 0.15) is 5.82 Å². The third-order valence-corrected chi connectivity index (χ3v) is 4.14. The number of amides is 1. The third kappa shape index (κ3) is 3.72. The molecular formula is C13H15BrF2N2O. The van der Waals surface area contributed by atoms with E-state index in [9.17, 15) is 13.6 Å². The lowest BCUT2D eigenvalue weighted by molar-refractivity contribution is -0.127. The summed E-state index contributed by atoms with van der Waals surface area (Å²) < 4.78 is 27.4. The van der Waals surface area contributed by atoms with Gasteiger partial charge in [0.25, 0.3) is 0 Å². The van der Waals surface area contributed by atoms with Crippen LogP contribution in [0.3, 0.4) is 0 Å². The molecule has 1 saturated carbocycles. The highest BCUT2D eigenvalue weighted by molar-refractivity contribution is 9.10. The molecule has 1 N–H and O–H groups in total. The molecule has 1 aliphatic rings. The number of aromatic nitrogens is 1. The molecule has 6 heteroatoms. The number of hydrogen-bond donors (Lipinski definition) is 1. The fourth-order valence-electron chi connectivity index (χ4n) is 2.23. The van der Waals surface area contributed by atoms with E-state index in [0.29, 0.717) is 18.7 Å². The predicted octanol–water partition coefficient (Wildman–Crippen LogP) is 3.92. The van der Waals surface area contributed by atoms with Gasteiger partial charge in [0.2, 0.25) is 11.8 Å². The first-order chi connectivity index (χ1) is 8.87. The second kappa shape index (κ2) is 5.53. The highest BCUT2D eigenvalue weighted by atomic mass is 79.9. The lowest BCUT2D eigenvalue weighted by Crippen LogP contribution is -2.33. The van der Waals surface area contributed by atoms with Crippen molar-refractivity contribution in [2.24, 2.45) is 5.92 Å². The molecule has 0 bridgehead atoms. The van der Waals surface area contributed by atoms with Crippen LogP contribution in [0.1, 0.15) is 31.2 Å². The summed E-state index contributed by atoms with van der Waals surface area (Å²) in [6, 6.07) is 1.71. The summed E-state index contributed by atoms with van der Waals surface area (Å²) in [6.45, 7) is 1.87. The Morgan fingerprint density at radius 3 is 2.95 bits per heavy atom. The van der Waals surface area contributed by atoms with Crippen molar-refractivity contribution in [1.82, 2.24) is 4.98 Å². The average Bonchev–Trinajstić information content (AvgIpc) is 2.32. The molecule has 1 atom stereocenters. The molecule has 1 unspecified atom stereocenters. The minimum Gasteiger partial charge on any atom is -0.310 e. The molecule has 104 valence electrons. The zero-order valence-electron chi connectivity index (χ0n) is 10.5. The van der Waals surface area contributed by atoms with Crippen molar-refractivity contribution < 1.29 is 13.6 Å². The molecule has 1 aromatic rings. The maximum Gasteiger partial charge on any atom is 0.248 e. The molecule has 0 spiro atoms. The summed E-state index contributed by atoms with van der Waals surface area (Å²) in [6.07, 6.45) is 2.00. The predicted molar refractivity (Wildman–Crippen MR) is 72.2 cm³/mol. The van der Waals surface area contributed by atoms with Gasteiger partial charge >= 0.3 is 0 Å². The highest BCUT2D eigenvalue weighted by Crippen LogP contribution is 2.37. The van der Waals surface area contributed by atoms with Gasteiger partial charge in [-0.1, -0.05) is 0 Å². The summed E-state index contributed by atoms with van der Waals surface area (Å²) in [5.41, 5.74) is 0.930. The zero-order valence-corrected chi connectivity index (χ0v) is 12.1. The molecule has 0 radical (unpaired) electrons. The summed E-state index contributed by atoms with van der Waals surface area (Å²) in [7, 11) is 0. The SMILES string of the molecule is Cc1cc(NC(=O)C2CCCC(F)(F)C2)ncc1Br. The molecule has 0 aromatic carbocycles. The molecule has 1 aliphatic carbocycles. The number of carbonyl (C=O) groups is 1. The Bertz CT molecular complexity index is 494. The summed E-state index contributed by atoms with van der Waals surface area (Å²) in [5.74, 6) is -3.31. The Morgan fingerprint density at radius 2 is 2.32 bits per heavy atom. The minimum absolute atomic E-state index is 0.119. The lowest BCUT2D eigenvalue weighted by atomic mass is 9.86. The Morgan fingerprint density at radius 1 is 1.58 bits per heavy atom. The first-order valence-corrected chi connectivity index (χ1v) is 6.97. The van der Waals surface area contributed by atoms with Gasteiger partial charge in [-0.3, -0.25) is 4.79 Å². The second-order valence-electron chi connectivity index (χ2n) is 4.96. The fourth-order valence-corrected chi connectivity index (χ4v) is 2.45. The maximum atomic E-state index is 13.3. The number of alkyl halides is 2. The highest BCUT2D eigenvalue weighted by Gasteiger charge is 2.39. The van der Waals surface area contributed by atoms with E-state index in [1.54, 1.807) is 12.3 Å². The van der Waals surface area contributed by atoms with Crippen molar-refractivity contribution in [3.8, 4) is 0 Å². The minimum atomic E-state index is -2.72. The van der Waals surface area contributed by atoms with Crippen molar-refractivity contribution in [3.05, 3.63) is 22.3 Å². The van der Waals surface area contributed by atoms with Crippen molar-refractivity contribution in [1.29, 1.82) is 0 Å². The number of halogens is 3. The quantitative estimate of drug-likeness (QED) is 0.891. The van der Waals surface area contributed by atoms with E-state index in [0.717, 1.165) is 10.0 Å². The second-order valence-corrected chi connectivity index (χ2v) is 5.81. The van der Waals surface area contributed by atoms with Gasteiger partial charge in [-0.25, -0.2) is 13.8 Å². The molecule has 1 fully saturated rings. The first kappa shape index (κ1) is 14.4. The molecule has 19 heavy (non-hydrogen) atoms. The van der Waals surface area contributed by atoms with Crippen LogP contribution in [0.25, 0.3) is 0 Å². The molecular weight excluding hydrogens is 318 g/mol. The molecule has 1 amide bonds. The number of aryl methyl sites for hydroxylation is 1. The van der Waals surface area contributed by atoms with Crippen molar-refractivity contribution in [2.45, 2.75) is 38.5 Å². The first-order valence-electron chi connectivity index (χ1n) is 6.18. The van der Waals surface area contributed by atoms with E-state index >= 15 is 0 Å². The smallest absolute Gasteiger partial charge is 0.248 e. The van der Waals surface area contributed by atoms with Gasteiger partial charge in [0, 0.05) is 29.4 Å². The number of carbonyl (C=O) groups excluding carboxylic acids is 1. The Balaban J connectivity index is 2.02. The zero-order chi connectivity index (χ0) is 14.0. The Labute approximate surface area is 118 Å². The van der Waals surface area contributed by atoms with Crippen molar-refractivity contribution >= 4 is 27.7 Å². The van der Waals surface area contributed by atoms with Crippen LogP contribution in [-0.2, 0) is 4.79 Å². The van der Waals surface area contributed by atoms with Gasteiger partial charge in [-0.15, -0.1) is 0 Å². The topological polar surface area (TPSA) is 42.0 Å². The van der Waals surface area contributed by atoms with Crippen LogP contribution in [0.4, 0.5) is 14.6 Å². The number of anilines is 1. The van der Waals surface area contributed by atoms with Crippen LogP contribution >= 0.6 is 15.9 Å². The van der Waals surface area contributed by atoms with Gasteiger partial charge in [-0.05, 0) is 47.3 Å². The normalized spacial score (nSPS) is 22.0. The van der Waals surface area contributed by atoms with Gasteiger partial charge in [0.05, 0.1) is 0 Å². The average molecular weight is 333 g/mol. The molecule has 0 saturated heterocycles. The number of nitrogens with one attached hydrogen (secondary N) is 1. The summed E-state index contributed by atoms with van der Waals surface area (Å²) in [4.78, 5) is 16.0. The van der Waals surface area contributed by atoms with Gasteiger partial charge in [0.15, 0.2) is 0 Å². The number of rotatable bonds is 2. The molecule has 2 rings (SSSR count). The standard InChI is InChI=1S/C13H15BrF2N2O/c1-8-5-11(17-7-10(8)14)18-12(19)9-3-2-4-13(15,16)6-9/h5,7,9H,2-4,6H2,1H3,(H,17,18,19).